The van der Waals surface area contributed by atoms with Crippen LogP contribution in [0.4, 0.5) is 0 Å². The molecule has 158 valence electrons. The lowest BCUT2D eigenvalue weighted by Crippen LogP contribution is -2.43. The lowest BCUT2D eigenvalue weighted by Gasteiger charge is -2.31. The number of likely N-dealkylation sites (tertiary alicyclic amines) is 1. The molecule has 29 heavy (non-hydrogen) atoms. The van der Waals surface area contributed by atoms with Crippen molar-refractivity contribution in [3.8, 4) is 0 Å². The predicted molar refractivity (Wildman–Crippen MR) is 111 cm³/mol. The summed E-state index contributed by atoms with van der Waals surface area (Å²) in [5.74, 6) is -0.287. The van der Waals surface area contributed by atoms with Gasteiger partial charge in [-0.2, -0.15) is 0 Å². The smallest absolute Gasteiger partial charge is 0.225 e. The van der Waals surface area contributed by atoms with Gasteiger partial charge in [0.2, 0.25) is 11.8 Å². The molecular weight excluding hydrogens is 366 g/mol. The molecule has 2 amide bonds. The van der Waals surface area contributed by atoms with E-state index in [1.165, 1.54) is 30.4 Å². The molecule has 2 atom stereocenters. The van der Waals surface area contributed by atoms with E-state index in [9.17, 15) is 14.7 Å². The molecule has 0 bridgehead atoms. The second kappa shape index (κ2) is 9.26. The summed E-state index contributed by atoms with van der Waals surface area (Å²) in [6.45, 7) is 3.06. The fourth-order valence-electron chi connectivity index (χ4n) is 5.01. The summed E-state index contributed by atoms with van der Waals surface area (Å²) in [6, 6.07) is 8.72. The van der Waals surface area contributed by atoms with Crippen molar-refractivity contribution >= 4 is 11.8 Å². The summed E-state index contributed by atoms with van der Waals surface area (Å²) in [7, 11) is 0. The van der Waals surface area contributed by atoms with Crippen LogP contribution in [0.1, 0.15) is 49.7 Å². The van der Waals surface area contributed by atoms with E-state index in [4.69, 9.17) is 0 Å². The van der Waals surface area contributed by atoms with Crippen LogP contribution in [-0.2, 0) is 22.6 Å². The van der Waals surface area contributed by atoms with E-state index in [1.54, 1.807) is 4.90 Å². The summed E-state index contributed by atoms with van der Waals surface area (Å²) in [6.07, 6.45) is 6.37. The Morgan fingerprint density at radius 2 is 1.90 bits per heavy atom. The summed E-state index contributed by atoms with van der Waals surface area (Å²) < 4.78 is 0. The quantitative estimate of drug-likeness (QED) is 0.764. The number of carbonyl (C=O) groups is 2. The first-order chi connectivity index (χ1) is 14.1. The monoisotopic (exact) mass is 399 g/mol. The van der Waals surface area contributed by atoms with Gasteiger partial charge in [0.1, 0.15) is 0 Å². The Kier molecular flexibility index (Phi) is 6.50. The van der Waals surface area contributed by atoms with Crippen molar-refractivity contribution in [3.63, 3.8) is 0 Å². The Morgan fingerprint density at radius 3 is 2.69 bits per heavy atom. The fraction of sp³-hybridized carbons (Fsp3) is 0.652. The molecule has 0 radical (unpaired) electrons. The van der Waals surface area contributed by atoms with Crippen LogP contribution in [0, 0.1) is 5.92 Å². The molecule has 6 nitrogen and oxygen atoms in total. The van der Waals surface area contributed by atoms with E-state index in [2.05, 4.69) is 34.5 Å². The topological polar surface area (TPSA) is 72.9 Å². The van der Waals surface area contributed by atoms with Gasteiger partial charge in [-0.15, -0.1) is 0 Å². The molecule has 6 heteroatoms. The summed E-state index contributed by atoms with van der Waals surface area (Å²) in [5, 5.41) is 13.7. The second-order valence-electron chi connectivity index (χ2n) is 8.95. The largest absolute Gasteiger partial charge is 0.390 e. The molecule has 1 aliphatic carbocycles. The summed E-state index contributed by atoms with van der Waals surface area (Å²) in [5.41, 5.74) is 2.71. The number of fused-ring (bicyclic) bond motifs is 1. The number of carbonyl (C=O) groups excluding carboxylic acids is 2. The molecule has 3 aliphatic rings. The lowest BCUT2D eigenvalue weighted by molar-refractivity contribution is -0.130. The van der Waals surface area contributed by atoms with Crippen molar-refractivity contribution in [1.29, 1.82) is 0 Å². The van der Waals surface area contributed by atoms with Crippen LogP contribution in [0.3, 0.4) is 0 Å². The number of aliphatic hydroxyl groups is 1. The number of benzene rings is 1. The second-order valence-corrected chi connectivity index (χ2v) is 8.95. The number of hydrogen-bond acceptors (Lipinski definition) is 4. The molecule has 2 unspecified atom stereocenters. The molecule has 1 saturated heterocycles. The molecule has 0 aromatic heterocycles. The van der Waals surface area contributed by atoms with Crippen molar-refractivity contribution in [3.05, 3.63) is 35.4 Å². The van der Waals surface area contributed by atoms with E-state index >= 15 is 0 Å². The average molecular weight is 400 g/mol. The fourth-order valence-corrected chi connectivity index (χ4v) is 5.01. The first-order valence-corrected chi connectivity index (χ1v) is 11.1. The normalized spacial score (nSPS) is 24.4. The number of hydrogen-bond donors (Lipinski definition) is 2. The van der Waals surface area contributed by atoms with Gasteiger partial charge < -0.3 is 15.3 Å². The summed E-state index contributed by atoms with van der Waals surface area (Å²) >= 11 is 0. The Labute approximate surface area is 173 Å². The van der Waals surface area contributed by atoms with Crippen LogP contribution < -0.4 is 5.32 Å². The van der Waals surface area contributed by atoms with E-state index < -0.39 is 6.10 Å². The van der Waals surface area contributed by atoms with E-state index in [1.807, 2.05) is 0 Å². The molecule has 1 saturated carbocycles. The molecule has 0 spiro atoms. The van der Waals surface area contributed by atoms with E-state index in [-0.39, 0.29) is 30.2 Å². The van der Waals surface area contributed by atoms with Crippen LogP contribution in [0.15, 0.2) is 24.3 Å². The average Bonchev–Trinajstić information content (AvgIpc) is 3.09. The third-order valence-electron chi connectivity index (χ3n) is 6.65. The molecule has 4 rings (SSSR count). The molecule has 2 fully saturated rings. The number of aliphatic hydroxyl groups excluding tert-OH is 1. The number of β-amino-alcohol motifs (C(OH)–C–C–N with tert-alkyl or cyclic N) is 1. The maximum Gasteiger partial charge on any atom is 0.225 e. The van der Waals surface area contributed by atoms with Gasteiger partial charge in [-0.3, -0.25) is 14.5 Å². The van der Waals surface area contributed by atoms with Crippen molar-refractivity contribution in [1.82, 2.24) is 15.1 Å². The standard InChI is InChI=1S/C23H33N3O3/c27-21(15-25-11-10-17-6-4-5-7-18(17)13-25)16-26-14-19(12-22(26)28)23(29)24-20-8-2-1-3-9-20/h4-7,19-21,27H,1-3,8-16H2,(H,24,29). The Morgan fingerprint density at radius 1 is 1.14 bits per heavy atom. The Bertz CT molecular complexity index is 732. The highest BCUT2D eigenvalue weighted by Crippen LogP contribution is 2.22. The van der Waals surface area contributed by atoms with E-state index in [0.29, 0.717) is 19.6 Å². The van der Waals surface area contributed by atoms with Crippen molar-refractivity contribution in [2.75, 3.05) is 26.2 Å². The highest BCUT2D eigenvalue weighted by molar-refractivity contribution is 5.89. The van der Waals surface area contributed by atoms with Crippen molar-refractivity contribution in [2.24, 2.45) is 5.92 Å². The zero-order chi connectivity index (χ0) is 20.2. The molecule has 2 heterocycles. The van der Waals surface area contributed by atoms with Crippen molar-refractivity contribution < 1.29 is 14.7 Å². The molecular formula is C23H33N3O3. The van der Waals surface area contributed by atoms with Gasteiger partial charge >= 0.3 is 0 Å². The van der Waals surface area contributed by atoms with Gasteiger partial charge in [0.05, 0.1) is 12.0 Å². The van der Waals surface area contributed by atoms with Crippen LogP contribution >= 0.6 is 0 Å². The zero-order valence-electron chi connectivity index (χ0n) is 17.2. The number of nitrogens with one attached hydrogen (secondary N) is 1. The van der Waals surface area contributed by atoms with Crippen LogP contribution in [-0.4, -0.2) is 65.0 Å². The van der Waals surface area contributed by atoms with Crippen LogP contribution in [0.2, 0.25) is 0 Å². The third-order valence-corrected chi connectivity index (χ3v) is 6.65. The van der Waals surface area contributed by atoms with Crippen LogP contribution in [0.25, 0.3) is 0 Å². The Balaban J connectivity index is 1.24. The first kappa shape index (κ1) is 20.4. The molecule has 2 aliphatic heterocycles. The maximum absolute atomic E-state index is 12.6. The van der Waals surface area contributed by atoms with Crippen molar-refractivity contribution in [2.45, 2.75) is 63.6 Å². The molecule has 1 aromatic carbocycles. The van der Waals surface area contributed by atoms with Gasteiger partial charge in [-0.1, -0.05) is 43.5 Å². The van der Waals surface area contributed by atoms with Crippen LogP contribution in [0.5, 0.6) is 0 Å². The highest BCUT2D eigenvalue weighted by atomic mass is 16.3. The van der Waals surface area contributed by atoms with E-state index in [0.717, 1.165) is 32.4 Å². The lowest BCUT2D eigenvalue weighted by atomic mass is 9.95. The summed E-state index contributed by atoms with van der Waals surface area (Å²) in [4.78, 5) is 28.9. The van der Waals surface area contributed by atoms with Gasteiger partial charge in [-0.05, 0) is 30.4 Å². The zero-order valence-corrected chi connectivity index (χ0v) is 17.2. The maximum atomic E-state index is 12.6. The minimum Gasteiger partial charge on any atom is -0.390 e. The molecule has 2 N–H and O–H groups in total. The van der Waals surface area contributed by atoms with Gasteiger partial charge in [-0.25, -0.2) is 0 Å². The Hall–Kier alpha value is -1.92. The number of rotatable bonds is 6. The minimum atomic E-state index is -0.593. The minimum absolute atomic E-state index is 0.00915. The van der Waals surface area contributed by atoms with Gasteiger partial charge in [0.25, 0.3) is 0 Å². The number of nitrogens with zero attached hydrogens (tertiary/aromatic N) is 2. The SMILES string of the molecule is O=C(NC1CCCCC1)C1CC(=O)N(CC(O)CN2CCc3ccccc3C2)C1. The van der Waals surface area contributed by atoms with Gasteiger partial charge in [0, 0.05) is 45.2 Å². The molecule has 1 aromatic rings. The van der Waals surface area contributed by atoms with Gasteiger partial charge in [0.15, 0.2) is 0 Å². The third kappa shape index (κ3) is 5.17. The predicted octanol–water partition coefficient (Wildman–Crippen LogP) is 1.70. The number of amides is 2. The highest BCUT2D eigenvalue weighted by Gasteiger charge is 2.36. The first-order valence-electron chi connectivity index (χ1n) is 11.1.